The number of nitrogens with zero attached hydrogens (tertiary/aromatic N) is 2. The van der Waals surface area contributed by atoms with Crippen molar-refractivity contribution in [3.63, 3.8) is 0 Å². The molecule has 0 amide bonds. The van der Waals surface area contributed by atoms with Crippen molar-refractivity contribution in [1.29, 1.82) is 0 Å². The fourth-order valence-electron chi connectivity index (χ4n) is 1.40. The van der Waals surface area contributed by atoms with E-state index in [1.165, 1.54) is 16.4 Å². The van der Waals surface area contributed by atoms with Crippen LogP contribution in [-0.4, -0.2) is 37.8 Å². The van der Waals surface area contributed by atoms with Crippen molar-refractivity contribution in [3.8, 4) is 5.75 Å². The Balaban J connectivity index is 2.09. The summed E-state index contributed by atoms with van der Waals surface area (Å²) < 4.78 is 23.8. The molecular formula is C11H14N2O3S. The second-order valence-corrected chi connectivity index (χ2v) is 5.95. The molecule has 0 aliphatic carbocycles. The minimum atomic E-state index is -3.20. The highest BCUT2D eigenvalue weighted by Crippen LogP contribution is 2.24. The SMILES string of the molecule is CN(CN1C=Cc2ccccc2O1)S(C)(=O)=O. The first-order valence-electron chi connectivity index (χ1n) is 5.10. The van der Waals surface area contributed by atoms with Gasteiger partial charge >= 0.3 is 0 Å². The van der Waals surface area contributed by atoms with Gasteiger partial charge in [-0.2, -0.15) is 4.31 Å². The number of hydrogen-bond donors (Lipinski definition) is 0. The van der Waals surface area contributed by atoms with Gasteiger partial charge in [0, 0.05) is 18.8 Å². The molecule has 0 saturated heterocycles. The van der Waals surface area contributed by atoms with Crippen molar-refractivity contribution in [1.82, 2.24) is 9.37 Å². The molecule has 1 heterocycles. The molecule has 92 valence electrons. The van der Waals surface area contributed by atoms with E-state index in [-0.39, 0.29) is 6.67 Å². The number of benzene rings is 1. The van der Waals surface area contributed by atoms with Crippen LogP contribution in [0, 0.1) is 0 Å². The molecule has 1 aromatic rings. The Labute approximate surface area is 101 Å². The molecule has 2 rings (SSSR count). The van der Waals surface area contributed by atoms with Crippen LogP contribution in [0.1, 0.15) is 5.56 Å². The van der Waals surface area contributed by atoms with E-state index in [9.17, 15) is 8.42 Å². The molecule has 0 spiro atoms. The lowest BCUT2D eigenvalue weighted by Crippen LogP contribution is -2.38. The molecule has 0 fully saturated rings. The van der Waals surface area contributed by atoms with E-state index in [0.29, 0.717) is 0 Å². The Bertz CT molecular complexity index is 539. The molecule has 0 unspecified atom stereocenters. The second-order valence-electron chi connectivity index (χ2n) is 3.86. The quantitative estimate of drug-likeness (QED) is 0.811. The predicted molar refractivity (Wildman–Crippen MR) is 65.4 cm³/mol. The lowest BCUT2D eigenvalue weighted by molar-refractivity contribution is -0.0315. The summed E-state index contributed by atoms with van der Waals surface area (Å²) in [5.74, 6) is 0.719. The minimum absolute atomic E-state index is 0.156. The average Bonchev–Trinajstić information content (AvgIpc) is 2.27. The third-order valence-electron chi connectivity index (χ3n) is 2.46. The summed E-state index contributed by atoms with van der Waals surface area (Å²) in [4.78, 5) is 5.54. The molecule has 0 radical (unpaired) electrons. The molecule has 1 aliphatic rings. The number of sulfonamides is 1. The molecule has 0 aromatic heterocycles. The van der Waals surface area contributed by atoms with Gasteiger partial charge in [-0.3, -0.25) is 0 Å². The molecule has 0 N–H and O–H groups in total. The maximum absolute atomic E-state index is 11.3. The lowest BCUT2D eigenvalue weighted by Gasteiger charge is -2.28. The van der Waals surface area contributed by atoms with Gasteiger partial charge in [0.15, 0.2) is 5.75 Å². The summed E-state index contributed by atoms with van der Waals surface area (Å²) in [7, 11) is -1.69. The van der Waals surface area contributed by atoms with Crippen LogP contribution < -0.4 is 4.84 Å². The molecule has 1 aromatic carbocycles. The molecular weight excluding hydrogens is 240 g/mol. The van der Waals surface area contributed by atoms with Gasteiger partial charge in [0.25, 0.3) is 0 Å². The van der Waals surface area contributed by atoms with Crippen LogP contribution in [0.25, 0.3) is 6.08 Å². The van der Waals surface area contributed by atoms with Gasteiger partial charge in [-0.1, -0.05) is 18.2 Å². The smallest absolute Gasteiger partial charge is 0.212 e. The van der Waals surface area contributed by atoms with E-state index in [1.807, 2.05) is 30.3 Å². The summed E-state index contributed by atoms with van der Waals surface area (Å²) in [6.07, 6.45) is 4.76. The van der Waals surface area contributed by atoms with Crippen LogP contribution in [0.2, 0.25) is 0 Å². The molecule has 1 aliphatic heterocycles. The average molecular weight is 254 g/mol. The first-order valence-corrected chi connectivity index (χ1v) is 6.95. The Morgan fingerprint density at radius 3 is 2.76 bits per heavy atom. The van der Waals surface area contributed by atoms with Gasteiger partial charge in [0.05, 0.1) is 6.26 Å². The highest BCUT2D eigenvalue weighted by molar-refractivity contribution is 7.88. The molecule has 0 saturated carbocycles. The van der Waals surface area contributed by atoms with Crippen molar-refractivity contribution < 1.29 is 13.3 Å². The van der Waals surface area contributed by atoms with Gasteiger partial charge in [-0.05, 0) is 12.1 Å². The monoisotopic (exact) mass is 254 g/mol. The number of rotatable bonds is 3. The molecule has 0 bridgehead atoms. The Morgan fingerprint density at radius 2 is 2.06 bits per heavy atom. The zero-order chi connectivity index (χ0) is 12.5. The van der Waals surface area contributed by atoms with Crippen LogP contribution in [0.3, 0.4) is 0 Å². The highest BCUT2D eigenvalue weighted by atomic mass is 32.2. The van der Waals surface area contributed by atoms with Gasteiger partial charge in [0.2, 0.25) is 10.0 Å². The van der Waals surface area contributed by atoms with Crippen LogP contribution in [0.4, 0.5) is 0 Å². The van der Waals surface area contributed by atoms with E-state index < -0.39 is 10.0 Å². The van der Waals surface area contributed by atoms with Crippen molar-refractivity contribution in [3.05, 3.63) is 36.0 Å². The largest absolute Gasteiger partial charge is 0.378 e. The third kappa shape index (κ3) is 2.78. The van der Waals surface area contributed by atoms with Crippen LogP contribution in [0.5, 0.6) is 5.75 Å². The number of fused-ring (bicyclic) bond motifs is 1. The minimum Gasteiger partial charge on any atom is -0.378 e. The van der Waals surface area contributed by atoms with Gasteiger partial charge in [-0.25, -0.2) is 13.5 Å². The summed E-state index contributed by atoms with van der Waals surface area (Å²) in [5, 5.41) is 1.48. The zero-order valence-electron chi connectivity index (χ0n) is 9.70. The molecule has 5 nitrogen and oxygen atoms in total. The van der Waals surface area contributed by atoms with E-state index in [0.717, 1.165) is 17.6 Å². The maximum Gasteiger partial charge on any atom is 0.212 e. The number of para-hydroxylation sites is 1. The van der Waals surface area contributed by atoms with Crippen molar-refractivity contribution in [2.75, 3.05) is 20.0 Å². The lowest BCUT2D eigenvalue weighted by atomic mass is 10.2. The molecule has 17 heavy (non-hydrogen) atoms. The summed E-state index contributed by atoms with van der Waals surface area (Å²) >= 11 is 0. The zero-order valence-corrected chi connectivity index (χ0v) is 10.5. The van der Waals surface area contributed by atoms with Gasteiger partial charge < -0.3 is 4.84 Å². The molecule has 6 heteroatoms. The normalized spacial score (nSPS) is 14.6. The molecule has 0 atom stereocenters. The van der Waals surface area contributed by atoms with E-state index in [2.05, 4.69) is 0 Å². The second kappa shape index (κ2) is 4.38. The van der Waals surface area contributed by atoms with Crippen LogP contribution in [0.15, 0.2) is 30.5 Å². The van der Waals surface area contributed by atoms with Crippen molar-refractivity contribution in [2.24, 2.45) is 0 Å². The first-order chi connectivity index (χ1) is 7.97. The van der Waals surface area contributed by atoms with Crippen LogP contribution >= 0.6 is 0 Å². The van der Waals surface area contributed by atoms with E-state index in [4.69, 9.17) is 4.84 Å². The van der Waals surface area contributed by atoms with E-state index in [1.54, 1.807) is 6.20 Å². The number of hydrogen-bond acceptors (Lipinski definition) is 4. The topological polar surface area (TPSA) is 49.9 Å². The van der Waals surface area contributed by atoms with Gasteiger partial charge in [0.1, 0.15) is 6.67 Å². The Morgan fingerprint density at radius 1 is 1.35 bits per heavy atom. The maximum atomic E-state index is 11.3. The Kier molecular flexibility index (Phi) is 3.08. The van der Waals surface area contributed by atoms with Crippen molar-refractivity contribution >= 4 is 16.1 Å². The van der Waals surface area contributed by atoms with Crippen LogP contribution in [-0.2, 0) is 10.0 Å². The van der Waals surface area contributed by atoms with E-state index >= 15 is 0 Å². The standard InChI is InChI=1S/C11H14N2O3S/c1-12(17(2,14)15)9-13-8-7-10-5-3-4-6-11(10)16-13/h3-8H,9H2,1-2H3. The van der Waals surface area contributed by atoms with Gasteiger partial charge in [-0.15, -0.1) is 0 Å². The highest BCUT2D eigenvalue weighted by Gasteiger charge is 2.17. The summed E-state index contributed by atoms with van der Waals surface area (Å²) in [5.41, 5.74) is 0.978. The number of hydroxylamine groups is 2. The van der Waals surface area contributed by atoms with Crippen molar-refractivity contribution in [2.45, 2.75) is 0 Å². The summed E-state index contributed by atoms with van der Waals surface area (Å²) in [6, 6.07) is 7.57. The summed E-state index contributed by atoms with van der Waals surface area (Å²) in [6.45, 7) is 0.156. The fourth-order valence-corrected chi connectivity index (χ4v) is 1.72. The third-order valence-corrected chi connectivity index (χ3v) is 3.71. The predicted octanol–water partition coefficient (Wildman–Crippen LogP) is 1.12. The Hall–Kier alpha value is -1.53. The first kappa shape index (κ1) is 11.9. The fraction of sp³-hybridized carbons (Fsp3) is 0.273.